The van der Waals surface area contributed by atoms with E-state index in [1.807, 2.05) is 0 Å². The van der Waals surface area contributed by atoms with Crippen molar-refractivity contribution in [2.24, 2.45) is 5.73 Å². The number of methoxy groups -OCH3 is 1. The van der Waals surface area contributed by atoms with E-state index in [1.54, 1.807) is 14.0 Å². The van der Waals surface area contributed by atoms with Gasteiger partial charge in [-0.2, -0.15) is 0 Å². The summed E-state index contributed by atoms with van der Waals surface area (Å²) in [5.41, 5.74) is 5.17. The van der Waals surface area contributed by atoms with Crippen molar-refractivity contribution in [1.29, 1.82) is 0 Å². The monoisotopic (exact) mass is 221 g/mol. The summed E-state index contributed by atoms with van der Waals surface area (Å²) >= 11 is 0. The maximum Gasteiger partial charge on any atom is 0.0701 e. The highest BCUT2D eigenvalue weighted by atomic mass is 16.5. The molecule has 92 valence electrons. The van der Waals surface area contributed by atoms with Crippen molar-refractivity contribution in [3.05, 3.63) is 0 Å². The van der Waals surface area contributed by atoms with Crippen molar-refractivity contribution < 1.29 is 19.3 Å². The van der Waals surface area contributed by atoms with Crippen molar-refractivity contribution >= 4 is 0 Å². The standard InChI is InChI=1S/C10H23NO4/c1-10(11,9-12)3-4-14-7-8-15-6-5-13-2/h12H,3-9,11H2,1-2H3. The lowest BCUT2D eigenvalue weighted by Crippen LogP contribution is -2.41. The van der Waals surface area contributed by atoms with Crippen LogP contribution in [0.5, 0.6) is 0 Å². The van der Waals surface area contributed by atoms with E-state index in [0.29, 0.717) is 39.5 Å². The third kappa shape index (κ3) is 10.1. The zero-order valence-electron chi connectivity index (χ0n) is 9.70. The van der Waals surface area contributed by atoms with E-state index < -0.39 is 5.54 Å². The molecule has 0 fully saturated rings. The van der Waals surface area contributed by atoms with Crippen LogP contribution < -0.4 is 5.73 Å². The summed E-state index contributed by atoms with van der Waals surface area (Å²) in [4.78, 5) is 0. The molecule has 0 spiro atoms. The van der Waals surface area contributed by atoms with E-state index in [9.17, 15) is 0 Å². The van der Waals surface area contributed by atoms with Crippen LogP contribution in [-0.2, 0) is 14.2 Å². The molecule has 5 heteroatoms. The molecule has 0 saturated carbocycles. The van der Waals surface area contributed by atoms with Crippen molar-refractivity contribution in [3.63, 3.8) is 0 Å². The third-order valence-corrected chi connectivity index (χ3v) is 1.98. The molecule has 0 aromatic rings. The Morgan fingerprint density at radius 2 is 1.60 bits per heavy atom. The molecule has 0 aromatic heterocycles. The first-order valence-electron chi connectivity index (χ1n) is 5.16. The molecule has 0 aliphatic heterocycles. The smallest absolute Gasteiger partial charge is 0.0701 e. The number of aliphatic hydroxyl groups excluding tert-OH is 1. The molecule has 5 nitrogen and oxygen atoms in total. The quantitative estimate of drug-likeness (QED) is 0.498. The Balaban J connectivity index is 3.11. The van der Waals surface area contributed by atoms with Crippen LogP contribution in [0.2, 0.25) is 0 Å². The molecule has 0 aliphatic rings. The number of hydrogen-bond acceptors (Lipinski definition) is 5. The van der Waals surface area contributed by atoms with E-state index in [0.717, 1.165) is 0 Å². The summed E-state index contributed by atoms with van der Waals surface area (Å²) < 4.78 is 15.3. The Hall–Kier alpha value is -0.200. The Morgan fingerprint density at radius 3 is 2.13 bits per heavy atom. The van der Waals surface area contributed by atoms with Crippen LogP contribution in [0, 0.1) is 0 Å². The van der Waals surface area contributed by atoms with Gasteiger partial charge in [0.2, 0.25) is 0 Å². The van der Waals surface area contributed by atoms with E-state index in [-0.39, 0.29) is 6.61 Å². The predicted octanol–water partition coefficient (Wildman–Crippen LogP) is -0.234. The second-order valence-electron chi connectivity index (χ2n) is 3.78. The Labute approximate surface area is 91.5 Å². The van der Waals surface area contributed by atoms with Gasteiger partial charge in [0.1, 0.15) is 0 Å². The van der Waals surface area contributed by atoms with Gasteiger partial charge in [-0.05, 0) is 13.3 Å². The number of nitrogens with two attached hydrogens (primary N) is 1. The minimum Gasteiger partial charge on any atom is -0.394 e. The highest BCUT2D eigenvalue weighted by molar-refractivity contribution is 4.76. The molecular weight excluding hydrogens is 198 g/mol. The SMILES string of the molecule is COCCOCCOCCC(C)(N)CO. The van der Waals surface area contributed by atoms with Crippen molar-refractivity contribution in [2.45, 2.75) is 18.9 Å². The second-order valence-corrected chi connectivity index (χ2v) is 3.78. The molecular formula is C10H23NO4. The van der Waals surface area contributed by atoms with Gasteiger partial charge in [0.05, 0.1) is 33.0 Å². The summed E-state index contributed by atoms with van der Waals surface area (Å²) in [6, 6.07) is 0. The van der Waals surface area contributed by atoms with Gasteiger partial charge in [-0.3, -0.25) is 0 Å². The van der Waals surface area contributed by atoms with Gasteiger partial charge in [-0.25, -0.2) is 0 Å². The van der Waals surface area contributed by atoms with E-state index >= 15 is 0 Å². The van der Waals surface area contributed by atoms with Crippen LogP contribution in [0.25, 0.3) is 0 Å². The molecule has 0 aromatic carbocycles. The first-order chi connectivity index (χ1) is 7.12. The molecule has 1 unspecified atom stereocenters. The van der Waals surface area contributed by atoms with Crippen LogP contribution >= 0.6 is 0 Å². The topological polar surface area (TPSA) is 73.9 Å². The normalized spacial score (nSPS) is 15.2. The summed E-state index contributed by atoms with van der Waals surface area (Å²) in [6.07, 6.45) is 0.640. The number of rotatable bonds is 10. The maximum atomic E-state index is 8.87. The summed E-state index contributed by atoms with van der Waals surface area (Å²) in [5.74, 6) is 0. The average Bonchev–Trinajstić information content (AvgIpc) is 2.22. The maximum absolute atomic E-state index is 8.87. The second kappa shape index (κ2) is 9.06. The highest BCUT2D eigenvalue weighted by Crippen LogP contribution is 2.03. The first-order valence-corrected chi connectivity index (χ1v) is 5.16. The lowest BCUT2D eigenvalue weighted by molar-refractivity contribution is 0.0192. The lowest BCUT2D eigenvalue weighted by atomic mass is 10.0. The van der Waals surface area contributed by atoms with Gasteiger partial charge in [0.25, 0.3) is 0 Å². The molecule has 3 N–H and O–H groups in total. The first kappa shape index (κ1) is 14.8. The highest BCUT2D eigenvalue weighted by Gasteiger charge is 2.15. The number of ether oxygens (including phenoxy) is 3. The Morgan fingerprint density at radius 1 is 1.07 bits per heavy atom. The van der Waals surface area contributed by atoms with Crippen molar-refractivity contribution in [1.82, 2.24) is 0 Å². The van der Waals surface area contributed by atoms with E-state index in [4.69, 9.17) is 25.1 Å². The van der Waals surface area contributed by atoms with Crippen molar-refractivity contribution in [2.75, 3.05) is 46.8 Å². The molecule has 1 atom stereocenters. The van der Waals surface area contributed by atoms with E-state index in [2.05, 4.69) is 0 Å². The van der Waals surface area contributed by atoms with Crippen LogP contribution in [0.4, 0.5) is 0 Å². The van der Waals surface area contributed by atoms with Gasteiger partial charge in [0, 0.05) is 19.3 Å². The van der Waals surface area contributed by atoms with Gasteiger partial charge in [-0.1, -0.05) is 0 Å². The van der Waals surface area contributed by atoms with Crippen LogP contribution in [-0.4, -0.2) is 57.4 Å². The minimum atomic E-state index is -0.545. The van der Waals surface area contributed by atoms with E-state index in [1.165, 1.54) is 0 Å². The minimum absolute atomic E-state index is 0.0271. The predicted molar refractivity (Wildman–Crippen MR) is 57.8 cm³/mol. The summed E-state index contributed by atoms with van der Waals surface area (Å²) in [5, 5.41) is 8.87. The van der Waals surface area contributed by atoms with Gasteiger partial charge in [0.15, 0.2) is 0 Å². The molecule has 0 saturated heterocycles. The van der Waals surface area contributed by atoms with Gasteiger partial charge in [-0.15, -0.1) is 0 Å². The zero-order valence-corrected chi connectivity index (χ0v) is 9.70. The van der Waals surface area contributed by atoms with Crippen molar-refractivity contribution in [3.8, 4) is 0 Å². The molecule has 0 bridgehead atoms. The Bertz CT molecular complexity index is 141. The number of aliphatic hydroxyl groups is 1. The molecule has 0 heterocycles. The third-order valence-electron chi connectivity index (χ3n) is 1.98. The fraction of sp³-hybridized carbons (Fsp3) is 1.00. The van der Waals surface area contributed by atoms with Crippen LogP contribution in [0.15, 0.2) is 0 Å². The molecule has 0 amide bonds. The number of hydrogen-bond donors (Lipinski definition) is 2. The van der Waals surface area contributed by atoms with Gasteiger partial charge < -0.3 is 25.1 Å². The lowest BCUT2D eigenvalue weighted by Gasteiger charge is -2.21. The molecule has 15 heavy (non-hydrogen) atoms. The summed E-state index contributed by atoms with van der Waals surface area (Å²) in [7, 11) is 1.64. The molecule has 0 aliphatic carbocycles. The molecule has 0 rings (SSSR count). The van der Waals surface area contributed by atoms with Crippen LogP contribution in [0.3, 0.4) is 0 Å². The Kier molecular flexibility index (Phi) is 8.94. The fourth-order valence-electron chi connectivity index (χ4n) is 0.849. The van der Waals surface area contributed by atoms with Gasteiger partial charge >= 0.3 is 0 Å². The average molecular weight is 221 g/mol. The fourth-order valence-corrected chi connectivity index (χ4v) is 0.849. The summed E-state index contributed by atoms with van der Waals surface area (Å²) in [6.45, 7) is 4.61. The van der Waals surface area contributed by atoms with Crippen LogP contribution in [0.1, 0.15) is 13.3 Å². The molecule has 0 radical (unpaired) electrons. The zero-order chi connectivity index (χ0) is 11.6. The largest absolute Gasteiger partial charge is 0.394 e.